The first-order chi connectivity index (χ1) is 11.9. The first-order valence-corrected chi connectivity index (χ1v) is 7.87. The maximum Gasteiger partial charge on any atom is 0.407 e. The van der Waals surface area contributed by atoms with E-state index in [1.54, 1.807) is 48.5 Å². The lowest BCUT2D eigenvalue weighted by atomic mass is 9.84. The van der Waals surface area contributed by atoms with E-state index in [1.807, 2.05) is 0 Å². The fraction of sp³-hybridized carbons (Fsp3) is 0.211. The standard InChI is InChI=1S/C19H15F3N2O/c1-2-11-24-15-10-6-5-9-14(15)18(17(24)25)13-8-4-3-7-12(13)16(23-18)19(20,21)22/h2-10,16,23H,1,11H2. The number of rotatable bonds is 2. The number of amides is 1. The summed E-state index contributed by atoms with van der Waals surface area (Å²) in [5.41, 5.74) is 0.0923. The summed E-state index contributed by atoms with van der Waals surface area (Å²) >= 11 is 0. The maximum atomic E-state index is 13.6. The Hall–Kier alpha value is -2.60. The molecule has 0 aromatic heterocycles. The number of para-hydroxylation sites is 1. The van der Waals surface area contributed by atoms with Crippen LogP contribution in [0, 0.1) is 0 Å². The number of carbonyl (C=O) groups excluding carboxylic acids is 1. The number of alkyl halides is 3. The Morgan fingerprint density at radius 1 is 1.12 bits per heavy atom. The number of hydrogen-bond donors (Lipinski definition) is 1. The Morgan fingerprint density at radius 2 is 1.76 bits per heavy atom. The van der Waals surface area contributed by atoms with Gasteiger partial charge in [-0.2, -0.15) is 13.2 Å². The van der Waals surface area contributed by atoms with E-state index in [0.717, 1.165) is 0 Å². The van der Waals surface area contributed by atoms with Crippen LogP contribution in [0.5, 0.6) is 0 Å². The number of nitrogens with zero attached hydrogens (tertiary/aromatic N) is 1. The molecule has 0 bridgehead atoms. The van der Waals surface area contributed by atoms with Crippen LogP contribution in [0.25, 0.3) is 0 Å². The summed E-state index contributed by atoms with van der Waals surface area (Å²) in [6.07, 6.45) is -2.93. The minimum Gasteiger partial charge on any atom is -0.306 e. The molecule has 4 rings (SSSR count). The summed E-state index contributed by atoms with van der Waals surface area (Å²) in [5.74, 6) is -0.409. The normalized spacial score (nSPS) is 24.5. The van der Waals surface area contributed by atoms with Gasteiger partial charge < -0.3 is 4.90 Å². The fourth-order valence-corrected chi connectivity index (χ4v) is 3.88. The van der Waals surface area contributed by atoms with Gasteiger partial charge in [0.1, 0.15) is 6.04 Å². The van der Waals surface area contributed by atoms with Crippen LogP contribution in [0.2, 0.25) is 0 Å². The third-order valence-corrected chi connectivity index (χ3v) is 4.84. The number of halogens is 3. The van der Waals surface area contributed by atoms with E-state index in [2.05, 4.69) is 11.9 Å². The maximum absolute atomic E-state index is 13.6. The van der Waals surface area contributed by atoms with Gasteiger partial charge in [-0.25, -0.2) is 0 Å². The van der Waals surface area contributed by atoms with Crippen LogP contribution in [-0.4, -0.2) is 18.6 Å². The molecule has 25 heavy (non-hydrogen) atoms. The summed E-state index contributed by atoms with van der Waals surface area (Å²) in [4.78, 5) is 14.7. The summed E-state index contributed by atoms with van der Waals surface area (Å²) in [6.45, 7) is 3.89. The molecule has 128 valence electrons. The van der Waals surface area contributed by atoms with Crippen LogP contribution < -0.4 is 10.2 Å². The number of hydrogen-bond acceptors (Lipinski definition) is 2. The Kier molecular flexibility index (Phi) is 3.30. The average Bonchev–Trinajstić information content (AvgIpc) is 3.06. The van der Waals surface area contributed by atoms with Crippen molar-refractivity contribution in [1.29, 1.82) is 0 Å². The summed E-state index contributed by atoms with van der Waals surface area (Å²) in [6, 6.07) is 11.3. The first-order valence-electron chi connectivity index (χ1n) is 7.87. The Labute approximate surface area is 142 Å². The summed E-state index contributed by atoms with van der Waals surface area (Å²) < 4.78 is 40.9. The molecule has 2 aliphatic heterocycles. The topological polar surface area (TPSA) is 32.3 Å². The molecule has 2 heterocycles. The highest BCUT2D eigenvalue weighted by molar-refractivity contribution is 6.11. The Morgan fingerprint density at radius 3 is 2.44 bits per heavy atom. The molecular formula is C19H15F3N2O. The fourth-order valence-electron chi connectivity index (χ4n) is 3.88. The molecule has 2 aromatic rings. The highest BCUT2D eigenvalue weighted by atomic mass is 19.4. The van der Waals surface area contributed by atoms with Gasteiger partial charge in [0.15, 0.2) is 5.54 Å². The number of benzene rings is 2. The lowest BCUT2D eigenvalue weighted by Gasteiger charge is -2.27. The molecule has 2 unspecified atom stereocenters. The van der Waals surface area contributed by atoms with E-state index in [0.29, 0.717) is 16.8 Å². The van der Waals surface area contributed by atoms with Gasteiger partial charge in [0.2, 0.25) is 0 Å². The molecule has 1 amide bonds. The minimum atomic E-state index is -4.50. The number of nitrogens with one attached hydrogen (secondary N) is 1. The van der Waals surface area contributed by atoms with Gasteiger partial charge in [-0.1, -0.05) is 48.5 Å². The minimum absolute atomic E-state index is 0.0959. The second kappa shape index (κ2) is 5.20. The van der Waals surface area contributed by atoms with Gasteiger partial charge in [-0.05, 0) is 17.2 Å². The molecule has 1 spiro atoms. The predicted molar refractivity (Wildman–Crippen MR) is 88.1 cm³/mol. The molecular weight excluding hydrogens is 329 g/mol. The second-order valence-corrected chi connectivity index (χ2v) is 6.18. The molecule has 2 atom stereocenters. The van der Waals surface area contributed by atoms with Crippen LogP contribution in [0.15, 0.2) is 61.2 Å². The third-order valence-electron chi connectivity index (χ3n) is 4.84. The smallest absolute Gasteiger partial charge is 0.306 e. The van der Waals surface area contributed by atoms with Crippen molar-refractivity contribution in [2.24, 2.45) is 0 Å². The van der Waals surface area contributed by atoms with Crippen molar-refractivity contribution >= 4 is 11.6 Å². The van der Waals surface area contributed by atoms with Crippen LogP contribution in [-0.2, 0) is 10.3 Å². The van der Waals surface area contributed by atoms with Gasteiger partial charge in [-0.3, -0.25) is 10.1 Å². The first kappa shape index (κ1) is 15.9. The Bertz CT molecular complexity index is 877. The molecule has 0 saturated carbocycles. The highest BCUT2D eigenvalue weighted by Crippen LogP contribution is 2.53. The van der Waals surface area contributed by atoms with Crippen molar-refractivity contribution in [2.45, 2.75) is 17.8 Å². The molecule has 1 N–H and O–H groups in total. The van der Waals surface area contributed by atoms with E-state index in [4.69, 9.17) is 0 Å². The van der Waals surface area contributed by atoms with Gasteiger partial charge in [0, 0.05) is 12.1 Å². The molecule has 2 aromatic carbocycles. The van der Waals surface area contributed by atoms with Crippen molar-refractivity contribution < 1.29 is 18.0 Å². The predicted octanol–water partition coefficient (Wildman–Crippen LogP) is 3.67. The largest absolute Gasteiger partial charge is 0.407 e. The molecule has 2 aliphatic rings. The zero-order valence-corrected chi connectivity index (χ0v) is 13.2. The third kappa shape index (κ3) is 2.00. The Balaban J connectivity index is 1.99. The molecule has 6 heteroatoms. The van der Waals surface area contributed by atoms with Crippen LogP contribution in [0.1, 0.15) is 22.7 Å². The van der Waals surface area contributed by atoms with Gasteiger partial charge in [0.25, 0.3) is 5.91 Å². The summed E-state index contributed by atoms with van der Waals surface area (Å²) in [7, 11) is 0. The van der Waals surface area contributed by atoms with Crippen molar-refractivity contribution in [3.8, 4) is 0 Å². The van der Waals surface area contributed by atoms with Crippen molar-refractivity contribution in [3.63, 3.8) is 0 Å². The van der Waals surface area contributed by atoms with E-state index < -0.39 is 23.7 Å². The van der Waals surface area contributed by atoms with Gasteiger partial charge in [0.05, 0.1) is 5.69 Å². The molecule has 0 aliphatic carbocycles. The zero-order valence-electron chi connectivity index (χ0n) is 13.2. The van der Waals surface area contributed by atoms with Crippen LogP contribution in [0.4, 0.5) is 18.9 Å². The SMILES string of the molecule is C=CCN1C(=O)C2(NC(C(F)(F)F)c3ccccc32)c2ccccc21. The van der Waals surface area contributed by atoms with E-state index in [-0.39, 0.29) is 12.1 Å². The number of fused-ring (bicyclic) bond motifs is 4. The number of anilines is 1. The average molecular weight is 344 g/mol. The monoisotopic (exact) mass is 344 g/mol. The van der Waals surface area contributed by atoms with Crippen LogP contribution in [0.3, 0.4) is 0 Å². The van der Waals surface area contributed by atoms with Gasteiger partial charge >= 0.3 is 6.18 Å². The van der Waals surface area contributed by atoms with Crippen molar-refractivity contribution in [3.05, 3.63) is 77.9 Å². The van der Waals surface area contributed by atoms with Crippen molar-refractivity contribution in [1.82, 2.24) is 5.32 Å². The van der Waals surface area contributed by atoms with Crippen molar-refractivity contribution in [2.75, 3.05) is 11.4 Å². The van der Waals surface area contributed by atoms with E-state index in [1.165, 1.54) is 11.0 Å². The molecule has 0 fully saturated rings. The lowest BCUT2D eigenvalue weighted by Crippen LogP contribution is -2.50. The second-order valence-electron chi connectivity index (χ2n) is 6.18. The highest BCUT2D eigenvalue weighted by Gasteiger charge is 2.61. The molecule has 0 radical (unpaired) electrons. The van der Waals surface area contributed by atoms with Crippen LogP contribution >= 0.6 is 0 Å². The lowest BCUT2D eigenvalue weighted by molar-refractivity contribution is -0.159. The molecule has 3 nitrogen and oxygen atoms in total. The zero-order chi connectivity index (χ0) is 17.8. The summed E-state index contributed by atoms with van der Waals surface area (Å²) in [5, 5.41) is 2.62. The van der Waals surface area contributed by atoms with E-state index in [9.17, 15) is 18.0 Å². The number of carbonyl (C=O) groups is 1. The quantitative estimate of drug-likeness (QED) is 0.843. The molecule has 0 saturated heterocycles. The van der Waals surface area contributed by atoms with Gasteiger partial charge in [-0.15, -0.1) is 6.58 Å². The van der Waals surface area contributed by atoms with E-state index >= 15 is 0 Å².